The molecular weight excluding hydrogens is 436 g/mol. The van der Waals surface area contributed by atoms with Crippen LogP contribution in [0.3, 0.4) is 0 Å². The minimum Gasteiger partial charge on any atom is -0.352 e. The average Bonchev–Trinajstić information content (AvgIpc) is 2.47. The van der Waals surface area contributed by atoms with Crippen LogP contribution in [-0.2, 0) is 11.3 Å². The molecule has 1 aromatic rings. The molecule has 0 saturated heterocycles. The highest BCUT2D eigenvalue weighted by Gasteiger charge is 2.17. The van der Waals surface area contributed by atoms with Crippen molar-refractivity contribution in [3.8, 4) is 6.07 Å². The van der Waals surface area contributed by atoms with E-state index in [1.54, 1.807) is 19.0 Å². The van der Waals surface area contributed by atoms with Crippen molar-refractivity contribution in [2.75, 3.05) is 20.6 Å². The number of carbonyl (C=O) groups is 1. The summed E-state index contributed by atoms with van der Waals surface area (Å²) in [6.07, 6.45) is 0. The predicted molar refractivity (Wildman–Crippen MR) is 107 cm³/mol. The smallest absolute Gasteiger partial charge is 0.240 e. The van der Waals surface area contributed by atoms with Gasteiger partial charge in [0.1, 0.15) is 5.82 Å². The summed E-state index contributed by atoms with van der Waals surface area (Å²) in [6.45, 7) is 6.01. The van der Waals surface area contributed by atoms with E-state index in [-0.39, 0.29) is 48.5 Å². The zero-order valence-corrected chi connectivity index (χ0v) is 17.5. The summed E-state index contributed by atoms with van der Waals surface area (Å²) in [5.41, 5.74) is 0.444. The van der Waals surface area contributed by atoms with Gasteiger partial charge in [0.2, 0.25) is 5.91 Å². The second-order valence-corrected chi connectivity index (χ2v) is 6.47. The number of nitriles is 1. The van der Waals surface area contributed by atoms with E-state index < -0.39 is 5.82 Å². The van der Waals surface area contributed by atoms with Crippen LogP contribution >= 0.6 is 24.0 Å². The zero-order chi connectivity index (χ0) is 18.3. The number of carbonyl (C=O) groups excluding carboxylic acids is 1. The third-order valence-electron chi connectivity index (χ3n) is 3.08. The molecule has 25 heavy (non-hydrogen) atoms. The summed E-state index contributed by atoms with van der Waals surface area (Å²) in [6, 6.07) is 6.16. The van der Waals surface area contributed by atoms with Crippen LogP contribution in [0.25, 0.3) is 0 Å². The van der Waals surface area contributed by atoms with Crippen molar-refractivity contribution in [1.29, 1.82) is 5.26 Å². The molecule has 8 heteroatoms. The standard InChI is InChI=1S/C17H24FN5O.HI/c1-17(2,3)22-15(24)11-23(5)16(20-4)21-10-13-8-12(9-19)6-7-14(13)18;/h6-8H,10-11H2,1-5H3,(H,20,21)(H,22,24);1H. The van der Waals surface area contributed by atoms with E-state index in [9.17, 15) is 9.18 Å². The summed E-state index contributed by atoms with van der Waals surface area (Å²) < 4.78 is 13.8. The summed E-state index contributed by atoms with van der Waals surface area (Å²) in [4.78, 5) is 17.7. The Hall–Kier alpha value is -1.89. The van der Waals surface area contributed by atoms with Gasteiger partial charge in [0, 0.05) is 31.7 Å². The van der Waals surface area contributed by atoms with Gasteiger partial charge >= 0.3 is 0 Å². The second-order valence-electron chi connectivity index (χ2n) is 6.47. The van der Waals surface area contributed by atoms with Gasteiger partial charge in [-0.3, -0.25) is 9.79 Å². The molecule has 0 aliphatic heterocycles. The molecule has 0 aliphatic carbocycles. The molecular formula is C17H25FIN5O. The molecule has 0 saturated carbocycles. The highest BCUT2D eigenvalue weighted by atomic mass is 127. The fourth-order valence-electron chi connectivity index (χ4n) is 2.09. The summed E-state index contributed by atoms with van der Waals surface area (Å²) in [5, 5.41) is 14.7. The largest absolute Gasteiger partial charge is 0.352 e. The Bertz CT molecular complexity index is 664. The zero-order valence-electron chi connectivity index (χ0n) is 15.2. The van der Waals surface area contributed by atoms with Crippen molar-refractivity contribution >= 4 is 35.8 Å². The van der Waals surface area contributed by atoms with Crippen LogP contribution in [0.15, 0.2) is 23.2 Å². The van der Waals surface area contributed by atoms with Gasteiger partial charge in [-0.05, 0) is 39.0 Å². The summed E-state index contributed by atoms with van der Waals surface area (Å²) >= 11 is 0. The van der Waals surface area contributed by atoms with Crippen molar-refractivity contribution in [3.05, 3.63) is 35.1 Å². The van der Waals surface area contributed by atoms with Gasteiger partial charge < -0.3 is 15.5 Å². The number of halogens is 2. The maximum Gasteiger partial charge on any atom is 0.240 e. The molecule has 0 heterocycles. The number of rotatable bonds is 4. The fourth-order valence-corrected chi connectivity index (χ4v) is 2.09. The maximum absolute atomic E-state index is 13.8. The van der Waals surface area contributed by atoms with Gasteiger partial charge in [0.15, 0.2) is 5.96 Å². The molecule has 0 unspecified atom stereocenters. The molecule has 1 rings (SSSR count). The van der Waals surface area contributed by atoms with Gasteiger partial charge in [0.05, 0.1) is 18.2 Å². The Balaban J connectivity index is 0.00000576. The molecule has 6 nitrogen and oxygen atoms in total. The van der Waals surface area contributed by atoms with E-state index in [1.807, 2.05) is 26.8 Å². The highest BCUT2D eigenvalue weighted by Crippen LogP contribution is 2.10. The van der Waals surface area contributed by atoms with E-state index >= 15 is 0 Å². The first kappa shape index (κ1) is 23.1. The summed E-state index contributed by atoms with van der Waals surface area (Å²) in [7, 11) is 3.31. The molecule has 1 aromatic carbocycles. The Kier molecular flexibility index (Phi) is 9.41. The number of nitrogens with zero attached hydrogens (tertiary/aromatic N) is 3. The number of hydrogen-bond acceptors (Lipinski definition) is 3. The minimum absolute atomic E-state index is 0. The van der Waals surface area contributed by atoms with Gasteiger partial charge in [0.25, 0.3) is 0 Å². The van der Waals surface area contributed by atoms with Gasteiger partial charge in [-0.1, -0.05) is 0 Å². The third kappa shape index (κ3) is 8.16. The number of aliphatic imine (C=N–C) groups is 1. The number of guanidine groups is 1. The molecule has 138 valence electrons. The first-order valence-electron chi connectivity index (χ1n) is 7.57. The maximum atomic E-state index is 13.8. The molecule has 0 aromatic heterocycles. The van der Waals surface area contributed by atoms with Crippen LogP contribution < -0.4 is 10.6 Å². The molecule has 0 spiro atoms. The van der Waals surface area contributed by atoms with Crippen LogP contribution in [0, 0.1) is 17.1 Å². The normalized spacial score (nSPS) is 11.2. The van der Waals surface area contributed by atoms with Crippen LogP contribution in [0.1, 0.15) is 31.9 Å². The molecule has 0 aliphatic rings. The Morgan fingerprint density at radius 1 is 1.40 bits per heavy atom. The Morgan fingerprint density at radius 2 is 2.04 bits per heavy atom. The Labute approximate surface area is 165 Å². The highest BCUT2D eigenvalue weighted by molar-refractivity contribution is 14.0. The monoisotopic (exact) mass is 461 g/mol. The predicted octanol–water partition coefficient (Wildman–Crippen LogP) is 2.24. The molecule has 2 N–H and O–H groups in total. The number of benzene rings is 1. The quantitative estimate of drug-likeness (QED) is 0.410. The lowest BCUT2D eigenvalue weighted by Crippen LogP contribution is -2.48. The molecule has 0 radical (unpaired) electrons. The lowest BCUT2D eigenvalue weighted by Gasteiger charge is -2.25. The van der Waals surface area contributed by atoms with Crippen molar-refractivity contribution in [1.82, 2.24) is 15.5 Å². The molecule has 0 fully saturated rings. The third-order valence-corrected chi connectivity index (χ3v) is 3.08. The number of hydrogen-bond donors (Lipinski definition) is 2. The van der Waals surface area contributed by atoms with Gasteiger partial charge in [-0.25, -0.2) is 4.39 Å². The molecule has 0 bridgehead atoms. The van der Waals surface area contributed by atoms with E-state index in [0.29, 0.717) is 17.1 Å². The van der Waals surface area contributed by atoms with E-state index in [1.165, 1.54) is 18.2 Å². The van der Waals surface area contributed by atoms with Crippen molar-refractivity contribution in [2.45, 2.75) is 32.9 Å². The van der Waals surface area contributed by atoms with Gasteiger partial charge in [-0.15, -0.1) is 24.0 Å². The van der Waals surface area contributed by atoms with E-state index in [0.717, 1.165) is 0 Å². The van der Waals surface area contributed by atoms with Crippen LogP contribution in [0.2, 0.25) is 0 Å². The van der Waals surface area contributed by atoms with E-state index in [2.05, 4.69) is 15.6 Å². The van der Waals surface area contributed by atoms with Gasteiger partial charge in [-0.2, -0.15) is 5.26 Å². The lowest BCUT2D eigenvalue weighted by atomic mass is 10.1. The topological polar surface area (TPSA) is 80.5 Å². The average molecular weight is 461 g/mol. The molecule has 1 amide bonds. The van der Waals surface area contributed by atoms with Crippen molar-refractivity contribution < 1.29 is 9.18 Å². The Morgan fingerprint density at radius 3 is 2.56 bits per heavy atom. The number of amides is 1. The fraction of sp³-hybridized carbons (Fsp3) is 0.471. The first-order valence-corrected chi connectivity index (χ1v) is 7.57. The molecule has 0 atom stereocenters. The van der Waals surface area contributed by atoms with E-state index in [4.69, 9.17) is 5.26 Å². The van der Waals surface area contributed by atoms with Crippen LogP contribution in [0.4, 0.5) is 4.39 Å². The first-order chi connectivity index (χ1) is 11.2. The second kappa shape index (κ2) is 10.2. The van der Waals surface area contributed by atoms with Crippen molar-refractivity contribution in [2.24, 2.45) is 4.99 Å². The van der Waals surface area contributed by atoms with Crippen LogP contribution in [-0.4, -0.2) is 42.9 Å². The van der Waals surface area contributed by atoms with Crippen LogP contribution in [0.5, 0.6) is 0 Å². The number of nitrogens with one attached hydrogen (secondary N) is 2. The summed E-state index contributed by atoms with van der Waals surface area (Å²) in [5.74, 6) is -0.0727. The number of likely N-dealkylation sites (N-methyl/N-ethyl adjacent to an activating group) is 1. The lowest BCUT2D eigenvalue weighted by molar-refractivity contribution is -0.122. The SMILES string of the molecule is CN=C(NCc1cc(C#N)ccc1F)N(C)CC(=O)NC(C)(C)C.I. The van der Waals surface area contributed by atoms with Crippen molar-refractivity contribution in [3.63, 3.8) is 0 Å². The minimum atomic E-state index is -0.398.